The van der Waals surface area contributed by atoms with Gasteiger partial charge in [0, 0.05) is 45.6 Å². The lowest BCUT2D eigenvalue weighted by molar-refractivity contribution is 0.0269. The number of nitrogens with zero attached hydrogens (tertiary/aromatic N) is 1. The zero-order valence-corrected chi connectivity index (χ0v) is 12.5. The summed E-state index contributed by atoms with van der Waals surface area (Å²) in [6.45, 7) is 3.74. The average molecular weight is 278 g/mol. The lowest BCUT2D eigenvalue weighted by Gasteiger charge is -2.34. The van der Waals surface area contributed by atoms with E-state index in [4.69, 9.17) is 9.47 Å². The Kier molecular flexibility index (Phi) is 6.30. The van der Waals surface area contributed by atoms with E-state index in [1.54, 1.807) is 14.2 Å². The molecule has 0 spiro atoms. The van der Waals surface area contributed by atoms with Crippen molar-refractivity contribution in [1.29, 1.82) is 0 Å². The highest BCUT2D eigenvalue weighted by Gasteiger charge is 2.19. The van der Waals surface area contributed by atoms with E-state index in [0.717, 1.165) is 19.6 Å². The molecule has 1 unspecified atom stereocenters. The Morgan fingerprint density at radius 2 is 1.90 bits per heavy atom. The van der Waals surface area contributed by atoms with Gasteiger partial charge in [-0.05, 0) is 25.0 Å². The molecule has 1 aromatic carbocycles. The number of hydrogen-bond donors (Lipinski definition) is 1. The smallest absolute Gasteiger partial charge is 0.0928 e. The van der Waals surface area contributed by atoms with Crippen molar-refractivity contribution in [3.63, 3.8) is 0 Å². The molecule has 2 rings (SSSR count). The zero-order chi connectivity index (χ0) is 14.2. The molecule has 4 heteroatoms. The van der Waals surface area contributed by atoms with Crippen LogP contribution in [0.4, 0.5) is 5.69 Å². The zero-order valence-electron chi connectivity index (χ0n) is 12.5. The van der Waals surface area contributed by atoms with E-state index in [9.17, 15) is 0 Å². The van der Waals surface area contributed by atoms with Gasteiger partial charge in [-0.2, -0.15) is 0 Å². The van der Waals surface area contributed by atoms with Crippen LogP contribution in [0, 0.1) is 0 Å². The first-order valence-corrected chi connectivity index (χ1v) is 7.38. The van der Waals surface area contributed by atoms with E-state index in [1.807, 2.05) is 0 Å². The minimum Gasteiger partial charge on any atom is -0.382 e. The summed E-state index contributed by atoms with van der Waals surface area (Å²) in [6.07, 6.45) is 2.50. The third-order valence-corrected chi connectivity index (χ3v) is 3.94. The Morgan fingerprint density at radius 1 is 1.20 bits per heavy atom. The van der Waals surface area contributed by atoms with Gasteiger partial charge in [0.1, 0.15) is 0 Å². The number of para-hydroxylation sites is 1. The molecule has 1 N–H and O–H groups in total. The summed E-state index contributed by atoms with van der Waals surface area (Å²) < 4.78 is 10.5. The number of benzene rings is 1. The fourth-order valence-corrected chi connectivity index (χ4v) is 2.67. The van der Waals surface area contributed by atoms with E-state index in [2.05, 4.69) is 40.5 Å². The maximum Gasteiger partial charge on any atom is 0.0928 e. The minimum atomic E-state index is 0.146. The molecule has 1 fully saturated rings. The molecule has 4 nitrogen and oxygen atoms in total. The van der Waals surface area contributed by atoms with Crippen molar-refractivity contribution in [2.75, 3.05) is 45.4 Å². The first-order valence-electron chi connectivity index (χ1n) is 7.38. The van der Waals surface area contributed by atoms with Crippen molar-refractivity contribution in [3.8, 4) is 0 Å². The summed E-state index contributed by atoms with van der Waals surface area (Å²) in [5.74, 6) is 0. The second kappa shape index (κ2) is 8.25. The van der Waals surface area contributed by atoms with Gasteiger partial charge in [-0.25, -0.2) is 0 Å². The Morgan fingerprint density at radius 3 is 2.50 bits per heavy atom. The highest BCUT2D eigenvalue weighted by Crippen LogP contribution is 2.19. The molecule has 1 aromatic rings. The van der Waals surface area contributed by atoms with Crippen LogP contribution in [0.3, 0.4) is 0 Å². The van der Waals surface area contributed by atoms with Crippen LogP contribution in [-0.2, 0) is 9.47 Å². The van der Waals surface area contributed by atoms with Crippen LogP contribution < -0.4 is 10.2 Å². The molecular weight excluding hydrogens is 252 g/mol. The molecule has 0 aliphatic carbocycles. The Bertz CT molecular complexity index is 364. The molecule has 1 aliphatic heterocycles. The van der Waals surface area contributed by atoms with Crippen molar-refractivity contribution >= 4 is 5.69 Å². The van der Waals surface area contributed by atoms with Crippen LogP contribution in [0.15, 0.2) is 30.3 Å². The quantitative estimate of drug-likeness (QED) is 0.826. The molecule has 0 saturated carbocycles. The number of methoxy groups -OCH3 is 2. The van der Waals surface area contributed by atoms with Gasteiger partial charge in [0.05, 0.1) is 12.7 Å². The van der Waals surface area contributed by atoms with Gasteiger partial charge < -0.3 is 19.7 Å². The molecule has 20 heavy (non-hydrogen) atoms. The maximum atomic E-state index is 5.37. The molecule has 0 aromatic heterocycles. The third-order valence-electron chi connectivity index (χ3n) is 3.94. The second-order valence-electron chi connectivity index (χ2n) is 5.32. The number of anilines is 1. The first kappa shape index (κ1) is 15.3. The fourth-order valence-electron chi connectivity index (χ4n) is 2.67. The summed E-state index contributed by atoms with van der Waals surface area (Å²) in [4.78, 5) is 2.46. The molecule has 0 amide bonds. The topological polar surface area (TPSA) is 33.7 Å². The molecule has 1 aliphatic rings. The minimum absolute atomic E-state index is 0.146. The van der Waals surface area contributed by atoms with E-state index < -0.39 is 0 Å². The van der Waals surface area contributed by atoms with Crippen LogP contribution in [0.1, 0.15) is 12.8 Å². The second-order valence-corrected chi connectivity index (χ2v) is 5.32. The number of piperidine rings is 1. The van der Waals surface area contributed by atoms with Crippen LogP contribution in [0.5, 0.6) is 0 Å². The third kappa shape index (κ3) is 4.47. The molecule has 1 saturated heterocycles. The van der Waals surface area contributed by atoms with E-state index >= 15 is 0 Å². The SMILES string of the molecule is COCC(CNC1CCN(c2ccccc2)CC1)OC. The average Bonchev–Trinajstić information content (AvgIpc) is 2.53. The monoisotopic (exact) mass is 278 g/mol. The fraction of sp³-hybridized carbons (Fsp3) is 0.625. The normalized spacial score (nSPS) is 18.2. The highest BCUT2D eigenvalue weighted by atomic mass is 16.5. The van der Waals surface area contributed by atoms with Crippen molar-refractivity contribution in [2.24, 2.45) is 0 Å². The van der Waals surface area contributed by atoms with Crippen LogP contribution in [-0.4, -0.2) is 52.6 Å². The van der Waals surface area contributed by atoms with Crippen molar-refractivity contribution in [1.82, 2.24) is 5.32 Å². The maximum absolute atomic E-state index is 5.37. The van der Waals surface area contributed by atoms with Gasteiger partial charge >= 0.3 is 0 Å². The van der Waals surface area contributed by atoms with E-state index in [-0.39, 0.29) is 6.10 Å². The number of nitrogens with one attached hydrogen (secondary N) is 1. The lowest BCUT2D eigenvalue weighted by Crippen LogP contribution is -2.45. The summed E-state index contributed by atoms with van der Waals surface area (Å²) >= 11 is 0. The molecule has 1 heterocycles. The number of hydrogen-bond acceptors (Lipinski definition) is 4. The Hall–Kier alpha value is -1.10. The van der Waals surface area contributed by atoms with Crippen LogP contribution in [0.2, 0.25) is 0 Å². The lowest BCUT2D eigenvalue weighted by atomic mass is 10.0. The van der Waals surface area contributed by atoms with Gasteiger partial charge in [-0.1, -0.05) is 18.2 Å². The van der Waals surface area contributed by atoms with Crippen molar-refractivity contribution in [2.45, 2.75) is 25.0 Å². The first-order chi connectivity index (χ1) is 9.83. The number of rotatable bonds is 7. The van der Waals surface area contributed by atoms with Crippen molar-refractivity contribution < 1.29 is 9.47 Å². The van der Waals surface area contributed by atoms with E-state index in [1.165, 1.54) is 18.5 Å². The highest BCUT2D eigenvalue weighted by molar-refractivity contribution is 5.46. The summed E-state index contributed by atoms with van der Waals surface area (Å²) in [5, 5.41) is 3.60. The van der Waals surface area contributed by atoms with Gasteiger partial charge in [0.2, 0.25) is 0 Å². The Labute approximate surface area is 122 Å². The molecule has 1 atom stereocenters. The molecular formula is C16H26N2O2. The van der Waals surface area contributed by atoms with E-state index in [0.29, 0.717) is 12.6 Å². The predicted molar refractivity (Wildman–Crippen MR) is 82.4 cm³/mol. The van der Waals surface area contributed by atoms with Gasteiger partial charge in [-0.3, -0.25) is 0 Å². The Balaban J connectivity index is 1.72. The van der Waals surface area contributed by atoms with Crippen LogP contribution >= 0.6 is 0 Å². The van der Waals surface area contributed by atoms with Crippen molar-refractivity contribution in [3.05, 3.63) is 30.3 Å². The van der Waals surface area contributed by atoms with Gasteiger partial charge in [-0.15, -0.1) is 0 Å². The summed E-state index contributed by atoms with van der Waals surface area (Å²) in [7, 11) is 3.45. The molecule has 0 bridgehead atoms. The summed E-state index contributed by atoms with van der Waals surface area (Å²) in [5.41, 5.74) is 1.33. The van der Waals surface area contributed by atoms with Crippen LogP contribution in [0.25, 0.3) is 0 Å². The van der Waals surface area contributed by atoms with Gasteiger partial charge in [0.15, 0.2) is 0 Å². The molecule has 112 valence electrons. The predicted octanol–water partition coefficient (Wildman–Crippen LogP) is 1.91. The van der Waals surface area contributed by atoms with Gasteiger partial charge in [0.25, 0.3) is 0 Å². The molecule has 0 radical (unpaired) electrons. The standard InChI is InChI=1S/C16H26N2O2/c1-19-13-16(20-2)12-17-14-8-10-18(11-9-14)15-6-4-3-5-7-15/h3-7,14,16-17H,8-13H2,1-2H3. The largest absolute Gasteiger partial charge is 0.382 e. The number of ether oxygens (including phenoxy) is 2. The summed E-state index contributed by atoms with van der Waals surface area (Å²) in [6, 6.07) is 11.2.